The third-order valence-corrected chi connectivity index (χ3v) is 5.92. The van der Waals surface area contributed by atoms with E-state index in [1.54, 1.807) is 0 Å². The van der Waals surface area contributed by atoms with Crippen LogP contribution in [0.5, 0.6) is 0 Å². The van der Waals surface area contributed by atoms with Crippen LogP contribution >= 0.6 is 0 Å². The molecule has 0 unspecified atom stereocenters. The number of hydrogen-bond acceptors (Lipinski definition) is 0. The first-order valence-electron chi connectivity index (χ1n) is 9.48. The Hall–Kier alpha value is -3.88. The minimum atomic E-state index is -1.99. The van der Waals surface area contributed by atoms with Crippen LogP contribution in [0.3, 0.4) is 0 Å². The molecule has 0 radical (unpaired) electrons. The standard InChI is InChI=1S/C28H18Si/c1-29(2)20-18-26-11-7-6-10-25(26)16-17-27-15-14-24(22-28(27)19-21-29)13-12-23-8-4-3-5-9-23/h3-11,14-15,22H,1-2H3. The van der Waals surface area contributed by atoms with E-state index >= 15 is 0 Å². The average Bonchev–Trinajstić information content (AvgIpc) is 2.77. The topological polar surface area (TPSA) is 0 Å². The molecule has 134 valence electrons. The molecule has 0 atom stereocenters. The summed E-state index contributed by atoms with van der Waals surface area (Å²) in [5, 5.41) is 0. The van der Waals surface area contributed by atoms with Crippen molar-refractivity contribution in [3.05, 3.63) is 106 Å². The fourth-order valence-corrected chi connectivity index (χ4v) is 3.77. The van der Waals surface area contributed by atoms with Crippen molar-refractivity contribution in [2.24, 2.45) is 0 Å². The minimum Gasteiger partial charge on any atom is -0.111 e. The number of hydrogen-bond donors (Lipinski definition) is 0. The van der Waals surface area contributed by atoms with Crippen molar-refractivity contribution < 1.29 is 0 Å². The van der Waals surface area contributed by atoms with E-state index in [9.17, 15) is 0 Å². The van der Waals surface area contributed by atoms with E-state index in [1.165, 1.54) is 0 Å². The molecule has 0 saturated heterocycles. The minimum absolute atomic E-state index is 0.916. The van der Waals surface area contributed by atoms with Gasteiger partial charge in [0.25, 0.3) is 0 Å². The van der Waals surface area contributed by atoms with E-state index in [0.29, 0.717) is 0 Å². The van der Waals surface area contributed by atoms with Gasteiger partial charge in [-0.15, -0.1) is 11.1 Å². The van der Waals surface area contributed by atoms with Crippen LogP contribution in [0.25, 0.3) is 0 Å². The molecule has 0 nitrogen and oxygen atoms in total. The van der Waals surface area contributed by atoms with Crippen molar-refractivity contribution in [1.82, 2.24) is 0 Å². The summed E-state index contributed by atoms with van der Waals surface area (Å²) >= 11 is 0. The smallest absolute Gasteiger partial charge is 0.111 e. The zero-order valence-corrected chi connectivity index (χ0v) is 17.4. The number of benzene rings is 3. The van der Waals surface area contributed by atoms with Gasteiger partial charge >= 0.3 is 0 Å². The fourth-order valence-electron chi connectivity index (χ4n) is 2.81. The average molecular weight is 383 g/mol. The molecular formula is C28H18Si. The summed E-state index contributed by atoms with van der Waals surface area (Å²) in [4.78, 5) is 0. The van der Waals surface area contributed by atoms with Gasteiger partial charge in [0.2, 0.25) is 8.07 Å². The largest absolute Gasteiger partial charge is 0.211 e. The molecule has 29 heavy (non-hydrogen) atoms. The second-order valence-corrected chi connectivity index (χ2v) is 11.0. The van der Waals surface area contributed by atoms with E-state index in [0.717, 1.165) is 33.4 Å². The maximum Gasteiger partial charge on any atom is 0.211 e. The highest BCUT2D eigenvalue weighted by Crippen LogP contribution is 2.13. The maximum atomic E-state index is 3.44. The Morgan fingerprint density at radius 2 is 1.10 bits per heavy atom. The maximum absolute atomic E-state index is 3.44. The van der Waals surface area contributed by atoms with E-state index in [2.05, 4.69) is 59.7 Å². The van der Waals surface area contributed by atoms with Gasteiger partial charge in [-0.05, 0) is 55.6 Å². The SMILES string of the molecule is C[Si]1(C)C#Cc2ccccc2C#Cc2ccc(C#Cc3ccccc3)cc2C#C1. The summed E-state index contributed by atoms with van der Waals surface area (Å²) in [7, 11) is -1.99. The molecule has 0 amide bonds. The second-order valence-electron chi connectivity index (χ2n) is 7.30. The molecule has 0 spiro atoms. The molecule has 0 aromatic heterocycles. The molecule has 0 N–H and O–H groups in total. The first-order chi connectivity index (χ1) is 14.1. The Kier molecular flexibility index (Phi) is 5.10. The highest BCUT2D eigenvalue weighted by atomic mass is 28.3. The third kappa shape index (κ3) is 4.70. The summed E-state index contributed by atoms with van der Waals surface area (Å²) in [6.45, 7) is 4.35. The van der Waals surface area contributed by atoms with Gasteiger partial charge in [-0.25, -0.2) is 0 Å². The molecule has 0 aliphatic carbocycles. The van der Waals surface area contributed by atoms with Crippen LogP contribution < -0.4 is 0 Å². The predicted molar refractivity (Wildman–Crippen MR) is 123 cm³/mol. The van der Waals surface area contributed by atoms with Gasteiger partial charge < -0.3 is 0 Å². The lowest BCUT2D eigenvalue weighted by molar-refractivity contribution is 1.54. The fraction of sp³-hybridized carbons (Fsp3) is 0.0714. The zero-order valence-electron chi connectivity index (χ0n) is 16.4. The van der Waals surface area contributed by atoms with Gasteiger partial charge in [0.05, 0.1) is 0 Å². The van der Waals surface area contributed by atoms with Crippen LogP contribution in [-0.2, 0) is 0 Å². The van der Waals surface area contributed by atoms with Crippen molar-refractivity contribution in [2.45, 2.75) is 13.1 Å². The van der Waals surface area contributed by atoms with Gasteiger partial charge in [0, 0.05) is 33.4 Å². The summed E-state index contributed by atoms with van der Waals surface area (Å²) in [6, 6.07) is 24.1. The van der Waals surface area contributed by atoms with Crippen LogP contribution in [-0.4, -0.2) is 8.07 Å². The lowest BCUT2D eigenvalue weighted by atomic mass is 10.0. The summed E-state index contributed by atoms with van der Waals surface area (Å²) < 4.78 is 0. The van der Waals surface area contributed by atoms with E-state index in [4.69, 9.17) is 0 Å². The van der Waals surface area contributed by atoms with Crippen LogP contribution in [0.2, 0.25) is 13.1 Å². The van der Waals surface area contributed by atoms with Crippen molar-refractivity contribution in [3.63, 3.8) is 0 Å². The highest BCUT2D eigenvalue weighted by Gasteiger charge is 2.15. The quantitative estimate of drug-likeness (QED) is 0.380. The highest BCUT2D eigenvalue weighted by molar-refractivity contribution is 6.92. The zero-order chi connectivity index (χ0) is 20.1. The Morgan fingerprint density at radius 3 is 1.83 bits per heavy atom. The molecular weight excluding hydrogens is 364 g/mol. The Labute approximate surface area is 174 Å². The first-order valence-corrected chi connectivity index (χ1v) is 12.5. The molecule has 0 bridgehead atoms. The van der Waals surface area contributed by atoms with Crippen LogP contribution in [0.15, 0.2) is 72.8 Å². The van der Waals surface area contributed by atoms with E-state index < -0.39 is 8.07 Å². The molecule has 1 aliphatic rings. The first kappa shape index (κ1) is 18.5. The molecule has 3 aromatic carbocycles. The molecule has 1 heterocycles. The van der Waals surface area contributed by atoms with Gasteiger partial charge in [-0.3, -0.25) is 0 Å². The Balaban J connectivity index is 1.82. The van der Waals surface area contributed by atoms with Crippen molar-refractivity contribution >= 4 is 8.07 Å². The normalized spacial score (nSPS) is 12.5. The number of fused-ring (bicyclic) bond motifs is 2. The van der Waals surface area contributed by atoms with Gasteiger partial charge in [-0.2, -0.15) is 0 Å². The lowest BCUT2D eigenvalue weighted by Gasteiger charge is -2.04. The molecule has 4 rings (SSSR count). The van der Waals surface area contributed by atoms with Crippen LogP contribution in [0, 0.1) is 46.6 Å². The Morgan fingerprint density at radius 1 is 0.552 bits per heavy atom. The monoisotopic (exact) mass is 382 g/mol. The Bertz CT molecular complexity index is 1330. The number of rotatable bonds is 0. The van der Waals surface area contributed by atoms with Gasteiger partial charge in [-0.1, -0.05) is 65.9 Å². The lowest BCUT2D eigenvalue weighted by Crippen LogP contribution is -2.21. The predicted octanol–water partition coefficient (Wildman–Crippen LogP) is 4.99. The third-order valence-electron chi connectivity index (χ3n) is 4.42. The second kappa shape index (κ2) is 8.01. The van der Waals surface area contributed by atoms with Gasteiger partial charge in [0.1, 0.15) is 0 Å². The molecule has 3 aromatic rings. The molecule has 0 saturated carbocycles. The molecule has 1 heteroatoms. The molecule has 0 fully saturated rings. The molecule has 1 aliphatic heterocycles. The van der Waals surface area contributed by atoms with Crippen LogP contribution in [0.4, 0.5) is 0 Å². The van der Waals surface area contributed by atoms with Crippen LogP contribution in [0.1, 0.15) is 33.4 Å². The summed E-state index contributed by atoms with van der Waals surface area (Å²) in [5.41, 5.74) is 12.6. The van der Waals surface area contributed by atoms with Crippen molar-refractivity contribution in [2.75, 3.05) is 0 Å². The summed E-state index contributed by atoms with van der Waals surface area (Å²) in [5.74, 6) is 19.7. The van der Waals surface area contributed by atoms with E-state index in [1.807, 2.05) is 72.8 Å². The van der Waals surface area contributed by atoms with E-state index in [-0.39, 0.29) is 0 Å². The summed E-state index contributed by atoms with van der Waals surface area (Å²) in [6.07, 6.45) is 0. The van der Waals surface area contributed by atoms with Crippen molar-refractivity contribution in [1.29, 1.82) is 0 Å². The van der Waals surface area contributed by atoms with Crippen molar-refractivity contribution in [3.8, 4) is 46.6 Å². The van der Waals surface area contributed by atoms with Gasteiger partial charge in [0.15, 0.2) is 0 Å².